The Hall–Kier alpha value is -2.16. The van der Waals surface area contributed by atoms with E-state index in [-0.39, 0.29) is 11.6 Å². The average molecular weight is 255 g/mol. The number of carbonyl (C=O) groups is 2. The van der Waals surface area contributed by atoms with Crippen LogP contribution in [-0.4, -0.2) is 16.6 Å². The van der Waals surface area contributed by atoms with Crippen molar-refractivity contribution in [3.8, 4) is 0 Å². The van der Waals surface area contributed by atoms with E-state index in [0.717, 1.165) is 16.8 Å². The Morgan fingerprint density at radius 2 is 1.74 bits per heavy atom. The minimum absolute atomic E-state index is 0.00925. The first-order valence-electron chi connectivity index (χ1n) is 6.28. The van der Waals surface area contributed by atoms with Crippen LogP contribution >= 0.6 is 0 Å². The lowest BCUT2D eigenvalue weighted by atomic mass is 10.0. The van der Waals surface area contributed by atoms with E-state index in [1.807, 2.05) is 44.2 Å². The summed E-state index contributed by atoms with van der Waals surface area (Å²) in [4.78, 5) is 26.9. The zero-order valence-electron chi connectivity index (χ0n) is 11.4. The number of benzene rings is 1. The minimum Gasteiger partial charge on any atom is -0.355 e. The van der Waals surface area contributed by atoms with Gasteiger partial charge in [0.05, 0.1) is 5.69 Å². The second-order valence-electron chi connectivity index (χ2n) is 4.77. The highest BCUT2D eigenvalue weighted by molar-refractivity contribution is 6.03. The SMILES string of the molecule is CC(=O)c1c(C)[nH]c(C(=O)Cc2ccccc2)c1C. The fourth-order valence-electron chi connectivity index (χ4n) is 2.43. The van der Waals surface area contributed by atoms with Gasteiger partial charge in [0, 0.05) is 17.7 Å². The number of hydrogen-bond donors (Lipinski definition) is 1. The molecule has 0 bridgehead atoms. The van der Waals surface area contributed by atoms with Gasteiger partial charge in [0.15, 0.2) is 11.6 Å². The van der Waals surface area contributed by atoms with Gasteiger partial charge in [-0.25, -0.2) is 0 Å². The normalized spacial score (nSPS) is 10.5. The minimum atomic E-state index is -0.00925. The molecular weight excluding hydrogens is 238 g/mol. The van der Waals surface area contributed by atoms with Crippen LogP contribution in [0.3, 0.4) is 0 Å². The van der Waals surface area contributed by atoms with E-state index >= 15 is 0 Å². The molecule has 98 valence electrons. The van der Waals surface area contributed by atoms with Crippen LogP contribution in [0.15, 0.2) is 30.3 Å². The van der Waals surface area contributed by atoms with Crippen molar-refractivity contribution in [3.05, 3.63) is 58.4 Å². The quantitative estimate of drug-likeness (QED) is 0.852. The van der Waals surface area contributed by atoms with Crippen LogP contribution in [-0.2, 0) is 6.42 Å². The van der Waals surface area contributed by atoms with Crippen LogP contribution in [0, 0.1) is 13.8 Å². The van der Waals surface area contributed by atoms with E-state index in [2.05, 4.69) is 4.98 Å². The van der Waals surface area contributed by atoms with Gasteiger partial charge in [-0.3, -0.25) is 9.59 Å². The van der Waals surface area contributed by atoms with Crippen molar-refractivity contribution in [1.29, 1.82) is 0 Å². The molecule has 0 saturated heterocycles. The van der Waals surface area contributed by atoms with Crippen molar-refractivity contribution in [2.45, 2.75) is 27.2 Å². The van der Waals surface area contributed by atoms with Gasteiger partial charge >= 0.3 is 0 Å². The summed E-state index contributed by atoms with van der Waals surface area (Å²) in [6.07, 6.45) is 0.346. The van der Waals surface area contributed by atoms with Crippen LogP contribution in [0.4, 0.5) is 0 Å². The topological polar surface area (TPSA) is 49.9 Å². The molecule has 3 nitrogen and oxygen atoms in total. The first kappa shape index (κ1) is 13.3. The van der Waals surface area contributed by atoms with Crippen LogP contribution in [0.1, 0.15) is 44.6 Å². The molecule has 2 rings (SSSR count). The maximum atomic E-state index is 12.3. The monoisotopic (exact) mass is 255 g/mol. The fraction of sp³-hybridized carbons (Fsp3) is 0.250. The number of H-pyrrole nitrogens is 1. The van der Waals surface area contributed by atoms with E-state index in [9.17, 15) is 9.59 Å². The Kier molecular flexibility index (Phi) is 3.65. The predicted molar refractivity (Wildman–Crippen MR) is 74.7 cm³/mol. The molecule has 0 aliphatic heterocycles. The molecule has 0 aliphatic carbocycles. The number of aromatic amines is 1. The van der Waals surface area contributed by atoms with Crippen LogP contribution in [0.5, 0.6) is 0 Å². The van der Waals surface area contributed by atoms with Gasteiger partial charge in [-0.1, -0.05) is 30.3 Å². The summed E-state index contributed by atoms with van der Waals surface area (Å²) in [7, 11) is 0. The number of hydrogen-bond acceptors (Lipinski definition) is 2. The van der Waals surface area contributed by atoms with E-state index in [4.69, 9.17) is 0 Å². The van der Waals surface area contributed by atoms with Crippen molar-refractivity contribution in [1.82, 2.24) is 4.98 Å². The molecule has 3 heteroatoms. The predicted octanol–water partition coefficient (Wildman–Crippen LogP) is 3.26. The number of aryl methyl sites for hydroxylation is 1. The highest BCUT2D eigenvalue weighted by Gasteiger charge is 2.19. The van der Waals surface area contributed by atoms with Gasteiger partial charge in [-0.2, -0.15) is 0 Å². The summed E-state index contributed by atoms with van der Waals surface area (Å²) >= 11 is 0. The number of Topliss-reactive ketones (excluding diaryl/α,β-unsaturated/α-hetero) is 2. The Balaban J connectivity index is 2.30. The van der Waals surface area contributed by atoms with E-state index < -0.39 is 0 Å². The molecule has 1 N–H and O–H groups in total. The van der Waals surface area contributed by atoms with Crippen molar-refractivity contribution in [2.24, 2.45) is 0 Å². The molecule has 0 unspecified atom stereocenters. The summed E-state index contributed by atoms with van der Waals surface area (Å²) in [5, 5.41) is 0. The maximum absolute atomic E-state index is 12.3. The van der Waals surface area contributed by atoms with Crippen LogP contribution < -0.4 is 0 Å². The smallest absolute Gasteiger partial charge is 0.183 e. The number of carbonyl (C=O) groups excluding carboxylic acids is 2. The van der Waals surface area contributed by atoms with Gasteiger partial charge in [0.1, 0.15) is 0 Å². The highest BCUT2D eigenvalue weighted by atomic mass is 16.1. The third kappa shape index (κ3) is 2.65. The Labute approximate surface area is 112 Å². The molecule has 0 fully saturated rings. The second-order valence-corrected chi connectivity index (χ2v) is 4.77. The molecule has 0 atom stereocenters. The van der Waals surface area contributed by atoms with Gasteiger partial charge in [0.25, 0.3) is 0 Å². The first-order chi connectivity index (χ1) is 9.00. The Bertz CT molecular complexity index is 624. The summed E-state index contributed by atoms with van der Waals surface area (Å²) in [5.41, 5.74) is 3.68. The molecule has 19 heavy (non-hydrogen) atoms. The summed E-state index contributed by atoms with van der Waals surface area (Å²) < 4.78 is 0. The molecule has 1 aromatic heterocycles. The third-order valence-electron chi connectivity index (χ3n) is 3.28. The van der Waals surface area contributed by atoms with Crippen molar-refractivity contribution in [2.75, 3.05) is 0 Å². The van der Waals surface area contributed by atoms with Crippen molar-refractivity contribution >= 4 is 11.6 Å². The van der Waals surface area contributed by atoms with Crippen molar-refractivity contribution < 1.29 is 9.59 Å². The van der Waals surface area contributed by atoms with Crippen molar-refractivity contribution in [3.63, 3.8) is 0 Å². The molecule has 1 aromatic carbocycles. The largest absolute Gasteiger partial charge is 0.355 e. The molecule has 2 aromatic rings. The Morgan fingerprint density at radius 3 is 2.26 bits per heavy atom. The molecule has 0 amide bonds. The number of nitrogens with one attached hydrogen (secondary N) is 1. The van der Waals surface area contributed by atoms with E-state index in [1.165, 1.54) is 6.92 Å². The number of aromatic nitrogens is 1. The summed E-state index contributed by atoms with van der Waals surface area (Å²) in [6.45, 7) is 5.16. The number of rotatable bonds is 4. The average Bonchev–Trinajstić information content (AvgIpc) is 2.66. The lowest BCUT2D eigenvalue weighted by molar-refractivity contribution is 0.0987. The lowest BCUT2D eigenvalue weighted by Crippen LogP contribution is -2.06. The Morgan fingerprint density at radius 1 is 1.11 bits per heavy atom. The third-order valence-corrected chi connectivity index (χ3v) is 3.28. The highest BCUT2D eigenvalue weighted by Crippen LogP contribution is 2.20. The first-order valence-corrected chi connectivity index (χ1v) is 6.28. The zero-order valence-corrected chi connectivity index (χ0v) is 11.4. The zero-order chi connectivity index (χ0) is 14.0. The summed E-state index contributed by atoms with van der Waals surface area (Å²) in [5.74, 6) is 0.00399. The molecule has 0 aliphatic rings. The summed E-state index contributed by atoms with van der Waals surface area (Å²) in [6, 6.07) is 9.60. The standard InChI is InChI=1S/C16H17NO2/c1-10-15(12(3)18)11(2)17-16(10)14(19)9-13-7-5-4-6-8-13/h4-8,17H,9H2,1-3H3. The fourth-order valence-corrected chi connectivity index (χ4v) is 2.43. The molecule has 0 radical (unpaired) electrons. The van der Waals surface area contributed by atoms with Gasteiger partial charge in [0.2, 0.25) is 0 Å². The van der Waals surface area contributed by atoms with Crippen LogP contribution in [0.2, 0.25) is 0 Å². The number of ketones is 2. The second kappa shape index (κ2) is 5.22. The van der Waals surface area contributed by atoms with Gasteiger partial charge in [-0.05, 0) is 31.9 Å². The molecular formula is C16H17NO2. The van der Waals surface area contributed by atoms with Gasteiger partial charge in [-0.15, -0.1) is 0 Å². The lowest BCUT2D eigenvalue weighted by Gasteiger charge is -2.01. The van der Waals surface area contributed by atoms with E-state index in [0.29, 0.717) is 17.7 Å². The molecule has 0 spiro atoms. The maximum Gasteiger partial charge on any atom is 0.183 e. The molecule has 1 heterocycles. The van der Waals surface area contributed by atoms with Crippen LogP contribution in [0.25, 0.3) is 0 Å². The van der Waals surface area contributed by atoms with E-state index in [1.54, 1.807) is 0 Å². The van der Waals surface area contributed by atoms with Gasteiger partial charge < -0.3 is 4.98 Å². The molecule has 0 saturated carbocycles.